The maximum absolute atomic E-state index is 2.55. The smallest absolute Gasteiger partial charge is 0.0176 e. The van der Waals surface area contributed by atoms with Crippen molar-refractivity contribution < 1.29 is 0 Å². The topological polar surface area (TPSA) is 0 Å². The van der Waals surface area contributed by atoms with E-state index >= 15 is 0 Å². The highest BCUT2D eigenvalue weighted by Gasteiger charge is 2.29. The van der Waals surface area contributed by atoms with Crippen molar-refractivity contribution in [2.24, 2.45) is 35.5 Å². The minimum absolute atomic E-state index is 0.662. The van der Waals surface area contributed by atoms with E-state index in [0.29, 0.717) is 11.8 Å². The lowest BCUT2D eigenvalue weighted by Gasteiger charge is -2.17. The lowest BCUT2D eigenvalue weighted by atomic mass is 9.88. The summed E-state index contributed by atoms with van der Waals surface area (Å²) >= 11 is 0. The molecule has 1 aliphatic rings. The Bertz CT molecular complexity index is 496. The van der Waals surface area contributed by atoms with Crippen LogP contribution in [0, 0.1) is 35.5 Å². The second-order valence-corrected chi connectivity index (χ2v) is 10.6. The summed E-state index contributed by atoms with van der Waals surface area (Å²) in [6, 6.07) is 0. The van der Waals surface area contributed by atoms with Gasteiger partial charge in [-0.2, -0.15) is 0 Å². The molecule has 1 rings (SSSR count). The molecule has 31 heavy (non-hydrogen) atoms. The zero-order valence-corrected chi connectivity index (χ0v) is 22.1. The minimum Gasteiger partial charge on any atom is -0.0883 e. The van der Waals surface area contributed by atoms with Crippen molar-refractivity contribution in [2.75, 3.05) is 0 Å². The summed E-state index contributed by atoms with van der Waals surface area (Å²) in [4.78, 5) is 0. The van der Waals surface area contributed by atoms with Gasteiger partial charge in [0.05, 0.1) is 0 Å². The third-order valence-corrected chi connectivity index (χ3v) is 7.76. The molecule has 0 amide bonds. The Balaban J connectivity index is 2.36. The fourth-order valence-electron chi connectivity index (χ4n) is 5.65. The molecule has 1 saturated carbocycles. The van der Waals surface area contributed by atoms with Crippen LogP contribution in [0.4, 0.5) is 0 Å². The molecule has 6 unspecified atom stereocenters. The van der Waals surface area contributed by atoms with Crippen LogP contribution in [0.3, 0.4) is 0 Å². The van der Waals surface area contributed by atoms with Crippen molar-refractivity contribution in [1.82, 2.24) is 0 Å². The molecular weight excluding hydrogens is 372 g/mol. The first-order valence-corrected chi connectivity index (χ1v) is 14.0. The van der Waals surface area contributed by atoms with Crippen molar-refractivity contribution in [3.63, 3.8) is 0 Å². The summed E-state index contributed by atoms with van der Waals surface area (Å²) in [7, 11) is 0. The fraction of sp³-hybridized carbons (Fsp3) is 0.806. The van der Waals surface area contributed by atoms with Gasteiger partial charge < -0.3 is 0 Å². The highest BCUT2D eigenvalue weighted by atomic mass is 14.3. The summed E-state index contributed by atoms with van der Waals surface area (Å²) in [5, 5.41) is 0. The van der Waals surface area contributed by atoms with E-state index in [1.54, 1.807) is 0 Å². The van der Waals surface area contributed by atoms with E-state index in [4.69, 9.17) is 0 Å². The molecule has 0 nitrogen and oxygen atoms in total. The van der Waals surface area contributed by atoms with Gasteiger partial charge in [-0.05, 0) is 86.9 Å². The molecular formula is C31H56. The van der Waals surface area contributed by atoms with Crippen LogP contribution < -0.4 is 0 Å². The molecule has 0 N–H and O–H groups in total. The molecule has 0 aliphatic heterocycles. The van der Waals surface area contributed by atoms with Gasteiger partial charge in [-0.25, -0.2) is 0 Å². The van der Waals surface area contributed by atoms with Crippen molar-refractivity contribution in [1.29, 1.82) is 0 Å². The van der Waals surface area contributed by atoms with Gasteiger partial charge >= 0.3 is 0 Å². The number of rotatable bonds is 17. The second kappa shape index (κ2) is 17.7. The summed E-state index contributed by atoms with van der Waals surface area (Å²) in [5.41, 5.74) is 0. The van der Waals surface area contributed by atoms with E-state index in [0.717, 1.165) is 23.7 Å². The predicted molar refractivity (Wildman–Crippen MR) is 142 cm³/mol. The van der Waals surface area contributed by atoms with Gasteiger partial charge in [-0.3, -0.25) is 0 Å². The zero-order valence-electron chi connectivity index (χ0n) is 22.1. The predicted octanol–water partition coefficient (Wildman–Crippen LogP) is 10.6. The van der Waals surface area contributed by atoms with Gasteiger partial charge in [0, 0.05) is 0 Å². The monoisotopic (exact) mass is 428 g/mol. The average molecular weight is 429 g/mol. The molecule has 0 heteroatoms. The Hall–Kier alpha value is -0.780. The van der Waals surface area contributed by atoms with Gasteiger partial charge in [-0.15, -0.1) is 0 Å². The molecule has 0 saturated heterocycles. The first kappa shape index (κ1) is 28.3. The Morgan fingerprint density at radius 1 is 0.806 bits per heavy atom. The van der Waals surface area contributed by atoms with Crippen LogP contribution in [0.25, 0.3) is 0 Å². The van der Waals surface area contributed by atoms with E-state index in [1.807, 2.05) is 0 Å². The molecule has 0 aromatic carbocycles. The van der Waals surface area contributed by atoms with E-state index in [2.05, 4.69) is 78.0 Å². The maximum atomic E-state index is 2.55. The van der Waals surface area contributed by atoms with Gasteiger partial charge in [0.25, 0.3) is 0 Å². The molecule has 0 aromatic rings. The molecule has 180 valence electrons. The van der Waals surface area contributed by atoms with Gasteiger partial charge in [-0.1, -0.05) is 110 Å². The molecule has 0 radical (unpaired) electrons. The molecule has 0 heterocycles. The Labute approximate surface area is 197 Å². The van der Waals surface area contributed by atoms with E-state index in [9.17, 15) is 0 Å². The Kier molecular flexibility index (Phi) is 16.2. The zero-order chi connectivity index (χ0) is 22.9. The largest absolute Gasteiger partial charge is 0.0883 e. The highest BCUT2D eigenvalue weighted by molar-refractivity contribution is 5.00. The molecule has 1 fully saturated rings. The number of hydrogen-bond donors (Lipinski definition) is 0. The fourth-order valence-corrected chi connectivity index (χ4v) is 5.65. The quantitative estimate of drug-likeness (QED) is 0.159. The summed E-state index contributed by atoms with van der Waals surface area (Å²) in [5.74, 6) is 4.96. The SMILES string of the molecule is CCC/C=C/C1CC(C)CC1CC/C=C/C(CC)C(C)/C=C/CCCC(CC)CCC. The second-order valence-electron chi connectivity index (χ2n) is 10.6. The molecule has 0 aromatic heterocycles. The van der Waals surface area contributed by atoms with Crippen LogP contribution in [0.15, 0.2) is 36.5 Å². The van der Waals surface area contributed by atoms with Crippen molar-refractivity contribution in [3.8, 4) is 0 Å². The normalized spacial score (nSPS) is 25.2. The molecule has 0 bridgehead atoms. The number of hydrogen-bond acceptors (Lipinski definition) is 0. The summed E-state index contributed by atoms with van der Waals surface area (Å²) in [6.45, 7) is 14.2. The standard InChI is InChI=1S/C31H56/c1-7-11-13-22-30-24-26(5)25-31(30)23-17-16-21-29(10-4)27(6)19-14-12-15-20-28(9-3)18-8-2/h13-14,16,19,21-22,26-31H,7-12,15,17-18,20,23-25H2,1-6H3/b19-14+,21-16+,22-13+. The van der Waals surface area contributed by atoms with E-state index < -0.39 is 0 Å². The average Bonchev–Trinajstić information content (AvgIpc) is 3.12. The number of unbranched alkanes of at least 4 members (excludes halogenated alkanes) is 2. The molecule has 0 spiro atoms. The van der Waals surface area contributed by atoms with Crippen LogP contribution in [0.5, 0.6) is 0 Å². The van der Waals surface area contributed by atoms with Crippen molar-refractivity contribution in [3.05, 3.63) is 36.5 Å². The summed E-state index contributed by atoms with van der Waals surface area (Å²) in [6.07, 6.45) is 32.4. The Morgan fingerprint density at radius 2 is 1.58 bits per heavy atom. The van der Waals surface area contributed by atoms with Crippen molar-refractivity contribution >= 4 is 0 Å². The Morgan fingerprint density at radius 3 is 2.26 bits per heavy atom. The van der Waals surface area contributed by atoms with Crippen LogP contribution >= 0.6 is 0 Å². The van der Waals surface area contributed by atoms with Gasteiger partial charge in [0.15, 0.2) is 0 Å². The van der Waals surface area contributed by atoms with Gasteiger partial charge in [0.2, 0.25) is 0 Å². The first-order valence-electron chi connectivity index (χ1n) is 14.0. The first-order chi connectivity index (χ1) is 15.0. The highest BCUT2D eigenvalue weighted by Crippen LogP contribution is 2.40. The van der Waals surface area contributed by atoms with E-state index in [1.165, 1.54) is 83.5 Å². The minimum atomic E-state index is 0.662. The van der Waals surface area contributed by atoms with Crippen LogP contribution in [0.2, 0.25) is 0 Å². The summed E-state index contributed by atoms with van der Waals surface area (Å²) < 4.78 is 0. The lowest BCUT2D eigenvalue weighted by molar-refractivity contribution is 0.420. The maximum Gasteiger partial charge on any atom is -0.0176 e. The third kappa shape index (κ3) is 12.1. The van der Waals surface area contributed by atoms with E-state index in [-0.39, 0.29) is 0 Å². The van der Waals surface area contributed by atoms with Crippen molar-refractivity contribution in [2.45, 2.75) is 125 Å². The molecule has 1 aliphatic carbocycles. The third-order valence-electron chi connectivity index (χ3n) is 7.76. The molecule has 6 atom stereocenters. The van der Waals surface area contributed by atoms with Gasteiger partial charge in [0.1, 0.15) is 0 Å². The number of allylic oxidation sites excluding steroid dienone is 6. The van der Waals surface area contributed by atoms with Crippen LogP contribution in [0.1, 0.15) is 125 Å². The van der Waals surface area contributed by atoms with Crippen LogP contribution in [-0.2, 0) is 0 Å². The lowest BCUT2D eigenvalue weighted by Crippen LogP contribution is -2.06. The van der Waals surface area contributed by atoms with Crippen LogP contribution in [-0.4, -0.2) is 0 Å².